The molecule has 0 fully saturated rings. The van der Waals surface area contributed by atoms with Crippen LogP contribution < -0.4 is 5.56 Å². The van der Waals surface area contributed by atoms with Crippen molar-refractivity contribution in [3.05, 3.63) is 75.3 Å². The average Bonchev–Trinajstić information content (AvgIpc) is 3.07. The standard InChI is InChI=1S/C18H12ClF3N6O/c1-10-6-14(18(20,21)22)26-28(10)12-4-2-11(3-5-12)9-27-15(29)8-23-13-7-24-17(19)25-16(13)27/h2-8H,9H2,1H3. The zero-order valence-electron chi connectivity index (χ0n) is 14.9. The van der Waals surface area contributed by atoms with Gasteiger partial charge in [0.15, 0.2) is 11.3 Å². The van der Waals surface area contributed by atoms with Gasteiger partial charge in [0.05, 0.1) is 24.6 Å². The van der Waals surface area contributed by atoms with Crippen molar-refractivity contribution in [3.8, 4) is 5.69 Å². The molecular formula is C18H12ClF3N6O. The van der Waals surface area contributed by atoms with Gasteiger partial charge in [0.2, 0.25) is 5.28 Å². The highest BCUT2D eigenvalue weighted by Crippen LogP contribution is 2.29. The van der Waals surface area contributed by atoms with E-state index in [0.717, 1.165) is 11.6 Å². The van der Waals surface area contributed by atoms with Crippen LogP contribution in [-0.4, -0.2) is 29.3 Å². The van der Waals surface area contributed by atoms with Crippen LogP contribution in [0.5, 0.6) is 0 Å². The predicted octanol–water partition coefficient (Wildman–Crippen LogP) is 3.40. The van der Waals surface area contributed by atoms with Gasteiger partial charge in [-0.3, -0.25) is 9.36 Å². The van der Waals surface area contributed by atoms with Gasteiger partial charge in [-0.15, -0.1) is 0 Å². The highest BCUT2D eigenvalue weighted by Gasteiger charge is 2.34. The van der Waals surface area contributed by atoms with E-state index in [1.165, 1.54) is 21.6 Å². The van der Waals surface area contributed by atoms with Crippen LogP contribution in [0.25, 0.3) is 16.9 Å². The molecule has 0 N–H and O–H groups in total. The number of rotatable bonds is 3. The van der Waals surface area contributed by atoms with Crippen LogP contribution in [0.15, 0.2) is 47.5 Å². The Hall–Kier alpha value is -3.27. The molecule has 1 aromatic carbocycles. The number of hydrogen-bond acceptors (Lipinski definition) is 5. The van der Waals surface area contributed by atoms with Crippen LogP contribution in [0.2, 0.25) is 5.28 Å². The summed E-state index contributed by atoms with van der Waals surface area (Å²) >= 11 is 5.83. The number of aromatic nitrogens is 6. The minimum atomic E-state index is -4.51. The fourth-order valence-electron chi connectivity index (χ4n) is 2.89. The molecule has 0 spiro atoms. The molecule has 148 valence electrons. The molecular weight excluding hydrogens is 409 g/mol. The number of fused-ring (bicyclic) bond motifs is 1. The first-order valence-electron chi connectivity index (χ1n) is 8.33. The van der Waals surface area contributed by atoms with Crippen LogP contribution in [0.3, 0.4) is 0 Å². The molecule has 0 saturated carbocycles. The first kappa shape index (κ1) is 19.1. The Balaban J connectivity index is 1.68. The predicted molar refractivity (Wildman–Crippen MR) is 99.0 cm³/mol. The van der Waals surface area contributed by atoms with Crippen molar-refractivity contribution < 1.29 is 13.2 Å². The van der Waals surface area contributed by atoms with Crippen molar-refractivity contribution in [3.63, 3.8) is 0 Å². The van der Waals surface area contributed by atoms with E-state index >= 15 is 0 Å². The minimum Gasteiger partial charge on any atom is -0.285 e. The van der Waals surface area contributed by atoms with Gasteiger partial charge < -0.3 is 0 Å². The van der Waals surface area contributed by atoms with Crippen LogP contribution in [0.1, 0.15) is 17.0 Å². The zero-order valence-corrected chi connectivity index (χ0v) is 15.6. The summed E-state index contributed by atoms with van der Waals surface area (Å²) in [5.41, 5.74) is 0.946. The maximum absolute atomic E-state index is 12.9. The highest BCUT2D eigenvalue weighted by molar-refractivity contribution is 6.28. The van der Waals surface area contributed by atoms with E-state index in [9.17, 15) is 18.0 Å². The fourth-order valence-corrected chi connectivity index (χ4v) is 3.02. The summed E-state index contributed by atoms with van der Waals surface area (Å²) in [7, 11) is 0. The van der Waals surface area contributed by atoms with Crippen molar-refractivity contribution in [2.45, 2.75) is 19.6 Å². The largest absolute Gasteiger partial charge is 0.435 e. The SMILES string of the molecule is Cc1cc(C(F)(F)F)nn1-c1ccc(Cn2c(=O)cnc3cnc(Cl)nc32)cc1. The summed E-state index contributed by atoms with van der Waals surface area (Å²) in [6.07, 6.45) is -1.93. The third-order valence-corrected chi connectivity index (χ3v) is 4.44. The van der Waals surface area contributed by atoms with Gasteiger partial charge >= 0.3 is 6.18 Å². The fraction of sp³-hybridized carbons (Fsp3) is 0.167. The Bertz CT molecular complexity index is 1260. The van der Waals surface area contributed by atoms with Crippen LogP contribution >= 0.6 is 11.6 Å². The lowest BCUT2D eigenvalue weighted by Gasteiger charge is -2.10. The third kappa shape index (κ3) is 3.70. The molecule has 0 bridgehead atoms. The van der Waals surface area contributed by atoms with Crippen LogP contribution in [-0.2, 0) is 12.7 Å². The second-order valence-electron chi connectivity index (χ2n) is 6.28. The first-order valence-corrected chi connectivity index (χ1v) is 8.71. The van der Waals surface area contributed by atoms with E-state index in [1.807, 2.05) is 0 Å². The van der Waals surface area contributed by atoms with E-state index < -0.39 is 11.9 Å². The van der Waals surface area contributed by atoms with Crippen molar-refractivity contribution in [2.75, 3.05) is 0 Å². The van der Waals surface area contributed by atoms with Gasteiger partial charge in [-0.1, -0.05) is 12.1 Å². The summed E-state index contributed by atoms with van der Waals surface area (Å²) in [5.74, 6) is 0. The maximum atomic E-state index is 12.9. The molecule has 0 aliphatic carbocycles. The van der Waals surface area contributed by atoms with Crippen LogP contribution in [0, 0.1) is 6.92 Å². The normalized spacial score (nSPS) is 11.9. The molecule has 7 nitrogen and oxygen atoms in total. The Morgan fingerprint density at radius 3 is 2.48 bits per heavy atom. The smallest absolute Gasteiger partial charge is 0.285 e. The second kappa shape index (κ2) is 6.96. The van der Waals surface area contributed by atoms with Gasteiger partial charge in [0.25, 0.3) is 5.56 Å². The zero-order chi connectivity index (χ0) is 20.8. The molecule has 0 amide bonds. The number of alkyl halides is 3. The molecule has 0 saturated heterocycles. The number of benzene rings is 1. The molecule has 4 rings (SSSR count). The molecule has 3 heterocycles. The first-order chi connectivity index (χ1) is 13.7. The van der Waals surface area contributed by atoms with E-state index in [0.29, 0.717) is 22.5 Å². The monoisotopic (exact) mass is 420 g/mol. The Labute approximate surface area is 166 Å². The highest BCUT2D eigenvalue weighted by atomic mass is 35.5. The third-order valence-electron chi connectivity index (χ3n) is 4.26. The Morgan fingerprint density at radius 1 is 1.10 bits per heavy atom. The lowest BCUT2D eigenvalue weighted by atomic mass is 10.2. The Kier molecular flexibility index (Phi) is 4.58. The molecule has 4 aromatic rings. The number of nitrogens with zero attached hydrogens (tertiary/aromatic N) is 6. The van der Waals surface area contributed by atoms with Crippen molar-refractivity contribution in [2.24, 2.45) is 0 Å². The lowest BCUT2D eigenvalue weighted by Crippen LogP contribution is -2.22. The summed E-state index contributed by atoms with van der Waals surface area (Å²) < 4.78 is 41.2. The molecule has 0 atom stereocenters. The molecule has 11 heteroatoms. The molecule has 0 unspecified atom stereocenters. The topological polar surface area (TPSA) is 78.5 Å². The van der Waals surface area contributed by atoms with E-state index in [1.54, 1.807) is 31.2 Å². The minimum absolute atomic E-state index is 0.0105. The maximum Gasteiger partial charge on any atom is 0.435 e. The molecule has 29 heavy (non-hydrogen) atoms. The van der Waals surface area contributed by atoms with Gasteiger partial charge in [-0.25, -0.2) is 14.6 Å². The van der Waals surface area contributed by atoms with Gasteiger partial charge in [-0.05, 0) is 42.3 Å². The summed E-state index contributed by atoms with van der Waals surface area (Å²) in [5, 5.41) is 3.62. The van der Waals surface area contributed by atoms with Gasteiger partial charge in [0, 0.05) is 5.69 Å². The summed E-state index contributed by atoms with van der Waals surface area (Å²) in [4.78, 5) is 24.2. The average molecular weight is 421 g/mol. The van der Waals surface area contributed by atoms with Crippen molar-refractivity contribution in [1.29, 1.82) is 0 Å². The quantitative estimate of drug-likeness (QED) is 0.475. The van der Waals surface area contributed by atoms with E-state index in [-0.39, 0.29) is 17.4 Å². The van der Waals surface area contributed by atoms with Gasteiger partial charge in [-0.2, -0.15) is 23.3 Å². The lowest BCUT2D eigenvalue weighted by molar-refractivity contribution is -0.141. The van der Waals surface area contributed by atoms with E-state index in [4.69, 9.17) is 11.6 Å². The summed E-state index contributed by atoms with van der Waals surface area (Å²) in [6.45, 7) is 1.72. The molecule has 3 aromatic heterocycles. The summed E-state index contributed by atoms with van der Waals surface area (Å²) in [6, 6.07) is 7.65. The number of aryl methyl sites for hydroxylation is 1. The molecule has 0 aliphatic heterocycles. The Morgan fingerprint density at radius 2 is 1.83 bits per heavy atom. The van der Waals surface area contributed by atoms with Gasteiger partial charge in [0.1, 0.15) is 5.52 Å². The van der Waals surface area contributed by atoms with E-state index in [2.05, 4.69) is 20.1 Å². The number of halogens is 4. The van der Waals surface area contributed by atoms with Crippen molar-refractivity contribution in [1.82, 2.24) is 29.3 Å². The van der Waals surface area contributed by atoms with Crippen LogP contribution in [0.4, 0.5) is 13.2 Å². The second-order valence-corrected chi connectivity index (χ2v) is 6.62. The molecule has 0 aliphatic rings. The molecule has 0 radical (unpaired) electrons. The van der Waals surface area contributed by atoms with Crippen molar-refractivity contribution >= 4 is 22.8 Å². The number of hydrogen-bond donors (Lipinski definition) is 0.